The Labute approximate surface area is 103 Å². The van der Waals surface area contributed by atoms with Crippen LogP contribution in [0.4, 0.5) is 0 Å². The van der Waals surface area contributed by atoms with Gasteiger partial charge in [-0.25, -0.2) is 0 Å². The maximum Gasteiger partial charge on any atom is 0.302 e. The van der Waals surface area contributed by atoms with Gasteiger partial charge in [-0.1, -0.05) is 18.2 Å². The van der Waals surface area contributed by atoms with Gasteiger partial charge in [-0.3, -0.25) is 4.79 Å². The second-order valence-electron chi connectivity index (χ2n) is 4.71. The Hall–Kier alpha value is -1.31. The topological polar surface area (TPSA) is 26.3 Å². The Bertz CT molecular complexity index is 396. The summed E-state index contributed by atoms with van der Waals surface area (Å²) in [7, 11) is 0. The molecular formula is C15H20O2. The predicted octanol–water partition coefficient (Wildman–Crippen LogP) is 3.06. The highest BCUT2D eigenvalue weighted by molar-refractivity contribution is 5.65. The molecule has 0 saturated carbocycles. The Kier molecular flexibility index (Phi) is 4.18. The summed E-state index contributed by atoms with van der Waals surface area (Å²) in [5.41, 5.74) is 4.54. The molecule has 17 heavy (non-hydrogen) atoms. The number of carbonyl (C=O) groups is 1. The molecule has 92 valence electrons. The van der Waals surface area contributed by atoms with E-state index in [4.69, 9.17) is 4.74 Å². The summed E-state index contributed by atoms with van der Waals surface area (Å²) in [6.07, 6.45) is 7.04. The number of aryl methyl sites for hydroxylation is 2. The molecule has 0 spiro atoms. The average molecular weight is 232 g/mol. The van der Waals surface area contributed by atoms with E-state index < -0.39 is 0 Å². The largest absolute Gasteiger partial charge is 0.466 e. The fourth-order valence-electron chi connectivity index (χ4n) is 2.57. The minimum absolute atomic E-state index is 0.180. The summed E-state index contributed by atoms with van der Waals surface area (Å²) in [4.78, 5) is 10.7. The number of hydrogen-bond acceptors (Lipinski definition) is 2. The quantitative estimate of drug-likeness (QED) is 0.589. The number of benzene rings is 1. The molecule has 2 nitrogen and oxygen atoms in total. The summed E-state index contributed by atoms with van der Waals surface area (Å²) >= 11 is 0. The summed E-state index contributed by atoms with van der Waals surface area (Å²) in [5, 5.41) is 0. The number of esters is 1. The molecule has 0 saturated heterocycles. The highest BCUT2D eigenvalue weighted by Gasteiger charge is 2.12. The first-order valence-electron chi connectivity index (χ1n) is 6.50. The predicted molar refractivity (Wildman–Crippen MR) is 68.0 cm³/mol. The van der Waals surface area contributed by atoms with Gasteiger partial charge in [0.05, 0.1) is 6.61 Å². The molecule has 0 amide bonds. The number of carbonyl (C=O) groups excluding carboxylic acids is 1. The van der Waals surface area contributed by atoms with E-state index in [9.17, 15) is 4.79 Å². The zero-order valence-electron chi connectivity index (χ0n) is 10.5. The average Bonchev–Trinajstić information content (AvgIpc) is 2.34. The first-order valence-corrected chi connectivity index (χ1v) is 6.50. The lowest BCUT2D eigenvalue weighted by atomic mass is 9.87. The third-order valence-corrected chi connectivity index (χ3v) is 3.39. The van der Waals surface area contributed by atoms with Crippen molar-refractivity contribution in [1.82, 2.24) is 0 Å². The van der Waals surface area contributed by atoms with Gasteiger partial charge < -0.3 is 4.74 Å². The monoisotopic (exact) mass is 232 g/mol. The van der Waals surface area contributed by atoms with Crippen LogP contribution in [0.5, 0.6) is 0 Å². The van der Waals surface area contributed by atoms with Crippen molar-refractivity contribution < 1.29 is 9.53 Å². The van der Waals surface area contributed by atoms with Gasteiger partial charge in [0.2, 0.25) is 0 Å². The Morgan fingerprint density at radius 2 is 2.12 bits per heavy atom. The molecule has 1 aromatic rings. The molecule has 0 aromatic heterocycles. The lowest BCUT2D eigenvalue weighted by molar-refractivity contribution is -0.141. The van der Waals surface area contributed by atoms with Crippen LogP contribution in [0.3, 0.4) is 0 Å². The minimum atomic E-state index is -0.180. The Morgan fingerprint density at radius 1 is 1.29 bits per heavy atom. The zero-order chi connectivity index (χ0) is 12.1. The van der Waals surface area contributed by atoms with Crippen molar-refractivity contribution in [3.05, 3.63) is 34.9 Å². The van der Waals surface area contributed by atoms with E-state index in [0.29, 0.717) is 6.61 Å². The lowest BCUT2D eigenvalue weighted by Gasteiger charge is -2.19. The molecule has 1 aliphatic carbocycles. The van der Waals surface area contributed by atoms with Crippen molar-refractivity contribution in [2.75, 3.05) is 6.61 Å². The summed E-state index contributed by atoms with van der Waals surface area (Å²) in [5.74, 6) is -0.180. The van der Waals surface area contributed by atoms with Crippen LogP contribution in [0.15, 0.2) is 18.2 Å². The van der Waals surface area contributed by atoms with Gasteiger partial charge in [-0.05, 0) is 55.2 Å². The Morgan fingerprint density at radius 3 is 2.94 bits per heavy atom. The maximum atomic E-state index is 10.7. The molecule has 2 heteroatoms. The first kappa shape index (κ1) is 12.2. The number of rotatable bonds is 4. The number of hydrogen-bond donors (Lipinski definition) is 0. The van der Waals surface area contributed by atoms with E-state index in [1.807, 2.05) is 0 Å². The molecule has 0 atom stereocenters. The highest BCUT2D eigenvalue weighted by Crippen LogP contribution is 2.25. The molecule has 0 aliphatic heterocycles. The van der Waals surface area contributed by atoms with Crippen LogP contribution in [0.1, 0.15) is 42.9 Å². The van der Waals surface area contributed by atoms with E-state index in [2.05, 4.69) is 18.2 Å². The SMILES string of the molecule is CC(=O)OCCCc1cccc2c1CCCC2. The van der Waals surface area contributed by atoms with E-state index in [1.54, 1.807) is 5.56 Å². The Balaban J connectivity index is 1.94. The van der Waals surface area contributed by atoms with Gasteiger partial charge in [0, 0.05) is 6.92 Å². The van der Waals surface area contributed by atoms with Crippen molar-refractivity contribution in [2.45, 2.75) is 45.4 Å². The minimum Gasteiger partial charge on any atom is -0.466 e. The molecule has 0 radical (unpaired) electrons. The molecule has 0 unspecified atom stereocenters. The normalized spacial score (nSPS) is 14.2. The van der Waals surface area contributed by atoms with Gasteiger partial charge in [-0.2, -0.15) is 0 Å². The molecule has 0 heterocycles. The van der Waals surface area contributed by atoms with Crippen LogP contribution in [-0.2, 0) is 28.8 Å². The third kappa shape index (κ3) is 3.32. The van der Waals surface area contributed by atoms with E-state index >= 15 is 0 Å². The van der Waals surface area contributed by atoms with E-state index in [1.165, 1.54) is 43.7 Å². The van der Waals surface area contributed by atoms with Gasteiger partial charge in [0.15, 0.2) is 0 Å². The van der Waals surface area contributed by atoms with Crippen LogP contribution in [0, 0.1) is 0 Å². The van der Waals surface area contributed by atoms with Gasteiger partial charge >= 0.3 is 5.97 Å². The summed E-state index contributed by atoms with van der Waals surface area (Å²) in [6, 6.07) is 6.63. The van der Waals surface area contributed by atoms with Gasteiger partial charge in [-0.15, -0.1) is 0 Å². The van der Waals surface area contributed by atoms with Gasteiger partial charge in [0.25, 0.3) is 0 Å². The fourth-order valence-corrected chi connectivity index (χ4v) is 2.57. The molecule has 0 fully saturated rings. The van der Waals surface area contributed by atoms with Crippen LogP contribution >= 0.6 is 0 Å². The van der Waals surface area contributed by atoms with Crippen LogP contribution in [-0.4, -0.2) is 12.6 Å². The smallest absolute Gasteiger partial charge is 0.302 e. The second kappa shape index (κ2) is 5.85. The van der Waals surface area contributed by atoms with Crippen molar-refractivity contribution in [3.8, 4) is 0 Å². The van der Waals surface area contributed by atoms with Crippen molar-refractivity contribution in [2.24, 2.45) is 0 Å². The third-order valence-electron chi connectivity index (χ3n) is 3.39. The van der Waals surface area contributed by atoms with Crippen molar-refractivity contribution >= 4 is 5.97 Å². The molecular weight excluding hydrogens is 212 g/mol. The maximum absolute atomic E-state index is 10.7. The van der Waals surface area contributed by atoms with Gasteiger partial charge in [0.1, 0.15) is 0 Å². The summed E-state index contributed by atoms with van der Waals surface area (Å²) < 4.78 is 4.97. The molecule has 0 N–H and O–H groups in total. The lowest BCUT2D eigenvalue weighted by Crippen LogP contribution is -2.07. The second-order valence-corrected chi connectivity index (χ2v) is 4.71. The summed E-state index contributed by atoms with van der Waals surface area (Å²) in [6.45, 7) is 2.00. The molecule has 1 aliphatic rings. The number of ether oxygens (including phenoxy) is 1. The van der Waals surface area contributed by atoms with E-state index in [0.717, 1.165) is 12.8 Å². The van der Waals surface area contributed by atoms with Crippen LogP contribution in [0.2, 0.25) is 0 Å². The molecule has 0 bridgehead atoms. The van der Waals surface area contributed by atoms with E-state index in [-0.39, 0.29) is 5.97 Å². The zero-order valence-corrected chi connectivity index (χ0v) is 10.5. The van der Waals surface area contributed by atoms with Crippen molar-refractivity contribution in [1.29, 1.82) is 0 Å². The van der Waals surface area contributed by atoms with Crippen LogP contribution < -0.4 is 0 Å². The standard InChI is InChI=1S/C15H20O2/c1-12(16)17-11-5-9-14-8-4-7-13-6-2-3-10-15(13)14/h4,7-8H,2-3,5-6,9-11H2,1H3. The fraction of sp³-hybridized carbons (Fsp3) is 0.533. The highest BCUT2D eigenvalue weighted by atomic mass is 16.5. The van der Waals surface area contributed by atoms with Crippen LogP contribution in [0.25, 0.3) is 0 Å². The first-order chi connectivity index (χ1) is 8.27. The van der Waals surface area contributed by atoms with Crippen molar-refractivity contribution in [3.63, 3.8) is 0 Å². The number of fused-ring (bicyclic) bond motifs is 1. The molecule has 2 rings (SSSR count). The molecule has 1 aromatic carbocycles.